The Morgan fingerprint density at radius 3 is 2.15 bits per heavy atom. The van der Waals surface area contributed by atoms with E-state index in [1.807, 2.05) is 20.8 Å². The summed E-state index contributed by atoms with van der Waals surface area (Å²) in [5, 5.41) is 0.315. The van der Waals surface area contributed by atoms with E-state index in [4.69, 9.17) is 5.73 Å². The van der Waals surface area contributed by atoms with Crippen molar-refractivity contribution in [2.75, 3.05) is 0 Å². The van der Waals surface area contributed by atoms with Gasteiger partial charge in [0.15, 0.2) is 0 Å². The van der Waals surface area contributed by atoms with E-state index in [1.165, 1.54) is 0 Å². The summed E-state index contributed by atoms with van der Waals surface area (Å²) in [6, 6.07) is 0.260. The molecule has 0 bridgehead atoms. The second-order valence-corrected chi connectivity index (χ2v) is 7.47. The second kappa shape index (κ2) is 3.70. The summed E-state index contributed by atoms with van der Waals surface area (Å²) in [6.45, 7) is 8.25. The summed E-state index contributed by atoms with van der Waals surface area (Å²) in [5.74, 6) is 0.417. The molecular weight excluding hydrogens is 182 g/mol. The van der Waals surface area contributed by atoms with Gasteiger partial charge in [0.2, 0.25) is 0 Å². The van der Waals surface area contributed by atoms with E-state index >= 15 is 0 Å². The van der Waals surface area contributed by atoms with Crippen molar-refractivity contribution in [2.45, 2.75) is 56.6 Å². The topological polar surface area (TPSA) is 43.1 Å². The molecule has 0 spiro atoms. The van der Waals surface area contributed by atoms with Gasteiger partial charge in [0.05, 0.1) is 0 Å². The molecule has 1 rings (SSSR count). The zero-order valence-corrected chi connectivity index (χ0v) is 9.86. The molecule has 0 aromatic carbocycles. The highest BCUT2D eigenvalue weighted by molar-refractivity contribution is 7.87. The van der Waals surface area contributed by atoms with Gasteiger partial charge in [0.1, 0.15) is 0 Å². The fourth-order valence-electron chi connectivity index (χ4n) is 1.91. The van der Waals surface area contributed by atoms with Crippen LogP contribution in [0.2, 0.25) is 0 Å². The van der Waals surface area contributed by atoms with Crippen LogP contribution >= 0.6 is 0 Å². The van der Waals surface area contributed by atoms with E-state index in [1.54, 1.807) is 0 Å². The molecular formula is C10H21NOS. The van der Waals surface area contributed by atoms with Crippen molar-refractivity contribution >= 4 is 10.8 Å². The lowest BCUT2D eigenvalue weighted by atomic mass is 10.1. The summed E-state index contributed by atoms with van der Waals surface area (Å²) in [4.78, 5) is 0. The van der Waals surface area contributed by atoms with Gasteiger partial charge in [-0.1, -0.05) is 6.92 Å². The van der Waals surface area contributed by atoms with Crippen molar-refractivity contribution in [3.8, 4) is 0 Å². The molecule has 78 valence electrons. The lowest BCUT2D eigenvalue weighted by Gasteiger charge is -2.26. The first-order valence-corrected chi connectivity index (χ1v) is 6.21. The van der Waals surface area contributed by atoms with Crippen LogP contribution < -0.4 is 5.73 Å². The number of rotatable bonds is 1. The highest BCUT2D eigenvalue weighted by atomic mass is 32.2. The Hall–Kier alpha value is 0.110. The average molecular weight is 203 g/mol. The van der Waals surface area contributed by atoms with E-state index in [0.717, 1.165) is 12.8 Å². The van der Waals surface area contributed by atoms with Crippen molar-refractivity contribution in [3.63, 3.8) is 0 Å². The summed E-state index contributed by atoms with van der Waals surface area (Å²) < 4.78 is 12.0. The molecule has 2 nitrogen and oxygen atoms in total. The van der Waals surface area contributed by atoms with Crippen molar-refractivity contribution in [1.29, 1.82) is 0 Å². The van der Waals surface area contributed by atoms with Crippen molar-refractivity contribution in [1.82, 2.24) is 0 Å². The fourth-order valence-corrected chi connectivity index (χ4v) is 3.76. The van der Waals surface area contributed by atoms with Crippen LogP contribution in [0.5, 0.6) is 0 Å². The Morgan fingerprint density at radius 2 is 1.85 bits per heavy atom. The Labute approximate surface area is 83.7 Å². The molecule has 2 N–H and O–H groups in total. The van der Waals surface area contributed by atoms with Gasteiger partial charge in [-0.05, 0) is 39.5 Å². The fraction of sp³-hybridized carbons (Fsp3) is 1.00. The largest absolute Gasteiger partial charge is 0.327 e. The van der Waals surface area contributed by atoms with Crippen LogP contribution in [0.3, 0.4) is 0 Å². The molecule has 0 aromatic heterocycles. The van der Waals surface area contributed by atoms with E-state index in [2.05, 4.69) is 6.92 Å². The Morgan fingerprint density at radius 1 is 1.31 bits per heavy atom. The molecule has 1 aliphatic carbocycles. The predicted molar refractivity (Wildman–Crippen MR) is 58.1 cm³/mol. The van der Waals surface area contributed by atoms with Crippen LogP contribution in [0, 0.1) is 5.92 Å². The van der Waals surface area contributed by atoms with Gasteiger partial charge in [0.25, 0.3) is 0 Å². The zero-order chi connectivity index (χ0) is 10.2. The number of nitrogens with two attached hydrogens (primary N) is 1. The summed E-state index contributed by atoms with van der Waals surface area (Å²) in [5.41, 5.74) is 5.92. The van der Waals surface area contributed by atoms with Gasteiger partial charge in [-0.3, -0.25) is 4.21 Å². The summed E-state index contributed by atoms with van der Waals surface area (Å²) >= 11 is 0. The number of hydrogen-bond donors (Lipinski definition) is 1. The Kier molecular flexibility index (Phi) is 3.18. The number of hydrogen-bond acceptors (Lipinski definition) is 2. The maximum Gasteiger partial charge on any atom is 0.0394 e. The Balaban J connectivity index is 2.69. The monoisotopic (exact) mass is 203 g/mol. The quantitative estimate of drug-likeness (QED) is 0.704. The summed E-state index contributed by atoms with van der Waals surface area (Å²) in [7, 11) is -0.743. The second-order valence-electron chi connectivity index (χ2n) is 5.05. The minimum atomic E-state index is -0.743. The van der Waals surface area contributed by atoms with E-state index < -0.39 is 10.8 Å². The van der Waals surface area contributed by atoms with Crippen molar-refractivity contribution < 1.29 is 4.21 Å². The highest BCUT2D eigenvalue weighted by Crippen LogP contribution is 2.32. The first-order valence-electron chi connectivity index (χ1n) is 5.00. The van der Waals surface area contributed by atoms with Gasteiger partial charge in [-0.25, -0.2) is 0 Å². The third kappa shape index (κ3) is 2.32. The molecule has 0 aliphatic heterocycles. The van der Waals surface area contributed by atoms with Gasteiger partial charge < -0.3 is 5.73 Å². The molecule has 0 amide bonds. The third-order valence-electron chi connectivity index (χ3n) is 2.92. The van der Waals surface area contributed by atoms with Gasteiger partial charge in [-0.15, -0.1) is 0 Å². The molecule has 4 atom stereocenters. The highest BCUT2D eigenvalue weighted by Gasteiger charge is 2.38. The van der Waals surface area contributed by atoms with E-state index in [0.29, 0.717) is 11.2 Å². The Bertz CT molecular complexity index is 209. The molecule has 1 fully saturated rings. The summed E-state index contributed by atoms with van der Waals surface area (Å²) in [6.07, 6.45) is 2.07. The minimum Gasteiger partial charge on any atom is -0.327 e. The van der Waals surface area contributed by atoms with Crippen LogP contribution in [0.15, 0.2) is 0 Å². The predicted octanol–water partition coefficient (Wildman–Crippen LogP) is 1.66. The molecule has 13 heavy (non-hydrogen) atoms. The van der Waals surface area contributed by atoms with Crippen LogP contribution in [0.1, 0.15) is 40.5 Å². The molecule has 4 unspecified atom stereocenters. The van der Waals surface area contributed by atoms with Crippen molar-refractivity contribution in [2.24, 2.45) is 11.7 Å². The lowest BCUT2D eigenvalue weighted by Crippen LogP contribution is -2.36. The van der Waals surface area contributed by atoms with Crippen LogP contribution in [-0.4, -0.2) is 20.2 Å². The zero-order valence-electron chi connectivity index (χ0n) is 9.04. The maximum atomic E-state index is 12.1. The smallest absolute Gasteiger partial charge is 0.0394 e. The normalized spacial score (nSPS) is 37.8. The minimum absolute atomic E-state index is 0.0943. The van der Waals surface area contributed by atoms with E-state index in [9.17, 15) is 4.21 Å². The molecule has 0 saturated heterocycles. The van der Waals surface area contributed by atoms with Crippen molar-refractivity contribution in [3.05, 3.63) is 0 Å². The molecule has 0 heterocycles. The van der Waals surface area contributed by atoms with Crippen LogP contribution in [-0.2, 0) is 10.8 Å². The third-order valence-corrected chi connectivity index (χ3v) is 5.35. The first-order chi connectivity index (χ1) is 5.84. The first kappa shape index (κ1) is 11.2. The van der Waals surface area contributed by atoms with Crippen LogP contribution in [0.4, 0.5) is 0 Å². The van der Waals surface area contributed by atoms with Gasteiger partial charge >= 0.3 is 0 Å². The van der Waals surface area contributed by atoms with Gasteiger partial charge in [-0.2, -0.15) is 0 Å². The molecule has 1 saturated carbocycles. The van der Waals surface area contributed by atoms with Crippen LogP contribution in [0.25, 0.3) is 0 Å². The molecule has 3 heteroatoms. The van der Waals surface area contributed by atoms with Gasteiger partial charge in [0, 0.05) is 26.8 Å². The maximum absolute atomic E-state index is 12.1. The standard InChI is InChI=1S/C10H21NOS/c1-7-8(11)5-6-9(7)13(12)10(2,3)4/h7-9H,5-6,11H2,1-4H3. The SMILES string of the molecule is CC1C(N)CCC1S(=O)C(C)(C)C. The average Bonchev–Trinajstić information content (AvgIpc) is 2.30. The van der Waals surface area contributed by atoms with E-state index in [-0.39, 0.29) is 10.8 Å². The lowest BCUT2D eigenvalue weighted by molar-refractivity contribution is 0.520. The molecule has 0 aromatic rings. The molecule has 1 aliphatic rings. The molecule has 0 radical (unpaired) electrons.